The molecule has 2 aromatic heterocycles. The number of rotatable bonds is 6. The number of hydrogen-bond acceptors (Lipinski definition) is 7. The number of carbonyl (C=O) groups excluding carboxylic acids is 1. The Balaban J connectivity index is 1.58. The van der Waals surface area contributed by atoms with Crippen molar-refractivity contribution in [3.8, 4) is 0 Å². The molecule has 0 aliphatic carbocycles. The Morgan fingerprint density at radius 1 is 1.44 bits per heavy atom. The minimum Gasteiger partial charge on any atom is -0.383 e. The van der Waals surface area contributed by atoms with Gasteiger partial charge in [-0.15, -0.1) is 22.7 Å². The van der Waals surface area contributed by atoms with Gasteiger partial charge in [0.2, 0.25) is 0 Å². The van der Waals surface area contributed by atoms with Crippen molar-refractivity contribution < 1.29 is 14.3 Å². The quantitative estimate of drug-likeness (QED) is 0.798. The predicted molar refractivity (Wildman–Crippen MR) is 106 cm³/mol. The fourth-order valence-corrected chi connectivity index (χ4v) is 5.70. The van der Waals surface area contributed by atoms with E-state index >= 15 is 0 Å². The molecule has 2 aromatic rings. The van der Waals surface area contributed by atoms with Crippen molar-refractivity contribution in [3.63, 3.8) is 0 Å². The second-order valence-electron chi connectivity index (χ2n) is 6.94. The third kappa shape index (κ3) is 3.95. The lowest BCUT2D eigenvalue weighted by atomic mass is 9.83. The van der Waals surface area contributed by atoms with Crippen LogP contribution in [0, 0.1) is 0 Å². The standard InChI is InChI=1S/C19H25N3O3S2/c1-24-10-8-22(13-17-21-7-11-26-17)18(23)16-12-14-15(27-16)2-9-25-19(14)3-5-20-6-4-19/h7,11-12,20H,2-6,8-10,13H2,1H3. The van der Waals surface area contributed by atoms with Gasteiger partial charge in [0.15, 0.2) is 0 Å². The van der Waals surface area contributed by atoms with Crippen molar-refractivity contribution in [2.45, 2.75) is 31.4 Å². The van der Waals surface area contributed by atoms with Crippen LogP contribution in [0.1, 0.15) is 38.0 Å². The van der Waals surface area contributed by atoms with E-state index in [4.69, 9.17) is 9.47 Å². The van der Waals surface area contributed by atoms with E-state index in [0.717, 1.165) is 48.8 Å². The van der Waals surface area contributed by atoms with E-state index in [1.807, 2.05) is 10.3 Å². The van der Waals surface area contributed by atoms with Crippen LogP contribution >= 0.6 is 22.7 Å². The van der Waals surface area contributed by atoms with Crippen molar-refractivity contribution in [2.75, 3.05) is 40.0 Å². The molecule has 0 radical (unpaired) electrons. The number of piperidine rings is 1. The Morgan fingerprint density at radius 2 is 2.30 bits per heavy atom. The van der Waals surface area contributed by atoms with Crippen LogP contribution in [0.15, 0.2) is 17.6 Å². The highest BCUT2D eigenvalue weighted by molar-refractivity contribution is 7.14. The molecule has 1 amide bonds. The largest absolute Gasteiger partial charge is 0.383 e. The first-order valence-corrected chi connectivity index (χ1v) is 11.1. The van der Waals surface area contributed by atoms with Crippen LogP contribution in [-0.2, 0) is 28.0 Å². The zero-order chi connectivity index (χ0) is 18.7. The number of thiophene rings is 1. The molecule has 1 fully saturated rings. The number of nitrogens with one attached hydrogen (secondary N) is 1. The zero-order valence-corrected chi connectivity index (χ0v) is 17.2. The molecule has 4 heterocycles. The van der Waals surface area contributed by atoms with Gasteiger partial charge in [-0.25, -0.2) is 4.98 Å². The molecular weight excluding hydrogens is 382 g/mol. The number of carbonyl (C=O) groups is 1. The normalized spacial score (nSPS) is 18.4. The summed E-state index contributed by atoms with van der Waals surface area (Å²) in [5.41, 5.74) is 1.03. The minimum atomic E-state index is -0.208. The third-order valence-electron chi connectivity index (χ3n) is 5.29. The van der Waals surface area contributed by atoms with Gasteiger partial charge in [0.05, 0.1) is 30.2 Å². The molecule has 27 heavy (non-hydrogen) atoms. The van der Waals surface area contributed by atoms with Gasteiger partial charge >= 0.3 is 0 Å². The first-order chi connectivity index (χ1) is 13.2. The lowest BCUT2D eigenvalue weighted by molar-refractivity contribution is -0.0792. The molecule has 0 bridgehead atoms. The van der Waals surface area contributed by atoms with E-state index < -0.39 is 0 Å². The highest BCUT2D eigenvalue weighted by atomic mass is 32.1. The average molecular weight is 408 g/mol. The average Bonchev–Trinajstić information content (AvgIpc) is 3.36. The monoisotopic (exact) mass is 407 g/mol. The number of fused-ring (bicyclic) bond motifs is 2. The van der Waals surface area contributed by atoms with Crippen LogP contribution in [-0.4, -0.2) is 55.7 Å². The lowest BCUT2D eigenvalue weighted by Crippen LogP contribution is -2.44. The molecule has 1 saturated heterocycles. The molecule has 6 nitrogen and oxygen atoms in total. The molecule has 146 valence electrons. The van der Waals surface area contributed by atoms with Crippen LogP contribution in [0.4, 0.5) is 0 Å². The van der Waals surface area contributed by atoms with Crippen LogP contribution in [0.5, 0.6) is 0 Å². The number of aromatic nitrogens is 1. The highest BCUT2D eigenvalue weighted by Crippen LogP contribution is 2.43. The van der Waals surface area contributed by atoms with Gasteiger partial charge in [-0.3, -0.25) is 4.79 Å². The Hall–Kier alpha value is -1.32. The number of ether oxygens (including phenoxy) is 2. The van der Waals surface area contributed by atoms with Crippen LogP contribution in [0.2, 0.25) is 0 Å². The Labute approximate surface area is 167 Å². The number of hydrogen-bond donors (Lipinski definition) is 1. The van der Waals surface area contributed by atoms with Crippen molar-refractivity contribution in [3.05, 3.63) is 38.0 Å². The number of nitrogens with zero attached hydrogens (tertiary/aromatic N) is 2. The smallest absolute Gasteiger partial charge is 0.264 e. The molecule has 0 atom stereocenters. The summed E-state index contributed by atoms with van der Waals surface area (Å²) in [6.07, 6.45) is 4.61. The third-order valence-corrected chi connectivity index (χ3v) is 7.24. The molecule has 0 aromatic carbocycles. The molecule has 1 spiro atoms. The second-order valence-corrected chi connectivity index (χ2v) is 9.05. The lowest BCUT2D eigenvalue weighted by Gasteiger charge is -2.40. The fraction of sp³-hybridized carbons (Fsp3) is 0.579. The van der Waals surface area contributed by atoms with Crippen molar-refractivity contribution in [1.82, 2.24) is 15.2 Å². The molecule has 1 N–H and O–H groups in total. The number of methoxy groups -OCH3 is 1. The Bertz CT molecular complexity index is 769. The molecule has 8 heteroatoms. The molecule has 4 rings (SSSR count). The Kier molecular flexibility index (Phi) is 5.89. The highest BCUT2D eigenvalue weighted by Gasteiger charge is 2.41. The summed E-state index contributed by atoms with van der Waals surface area (Å²) in [6.45, 7) is 4.26. The molecule has 2 aliphatic rings. The fourth-order valence-electron chi connectivity index (χ4n) is 3.87. The van der Waals surface area contributed by atoms with Crippen molar-refractivity contribution >= 4 is 28.6 Å². The van der Waals surface area contributed by atoms with Gasteiger partial charge in [0, 0.05) is 36.5 Å². The van der Waals surface area contributed by atoms with E-state index in [2.05, 4.69) is 16.4 Å². The summed E-state index contributed by atoms with van der Waals surface area (Å²) < 4.78 is 11.5. The zero-order valence-electron chi connectivity index (χ0n) is 15.5. The van der Waals surface area contributed by atoms with Gasteiger partial charge in [-0.1, -0.05) is 0 Å². The number of amides is 1. The summed E-state index contributed by atoms with van der Waals surface area (Å²) in [4.78, 5) is 21.6. The maximum absolute atomic E-state index is 13.3. The minimum absolute atomic E-state index is 0.0609. The van der Waals surface area contributed by atoms with Gasteiger partial charge in [0.1, 0.15) is 5.01 Å². The van der Waals surface area contributed by atoms with Crippen molar-refractivity contribution in [1.29, 1.82) is 0 Å². The summed E-state index contributed by atoms with van der Waals surface area (Å²) in [5, 5.41) is 6.30. The molecule has 0 unspecified atom stereocenters. The van der Waals surface area contributed by atoms with Gasteiger partial charge in [0.25, 0.3) is 5.91 Å². The first kappa shape index (κ1) is 19.0. The number of thiazole rings is 1. The van der Waals surface area contributed by atoms with Crippen molar-refractivity contribution in [2.24, 2.45) is 0 Å². The van der Waals surface area contributed by atoms with Gasteiger partial charge in [-0.2, -0.15) is 0 Å². The van der Waals surface area contributed by atoms with Crippen LogP contribution in [0.25, 0.3) is 0 Å². The maximum Gasteiger partial charge on any atom is 0.264 e. The molecule has 2 aliphatic heterocycles. The van der Waals surface area contributed by atoms with Gasteiger partial charge in [-0.05, 0) is 37.6 Å². The van der Waals surface area contributed by atoms with Gasteiger partial charge < -0.3 is 19.7 Å². The van der Waals surface area contributed by atoms with Crippen LogP contribution in [0.3, 0.4) is 0 Å². The SMILES string of the molecule is COCCN(Cc1nccs1)C(=O)c1cc2c(s1)CCOC21CCNCC1. The summed E-state index contributed by atoms with van der Waals surface area (Å²) in [7, 11) is 1.66. The van der Waals surface area contributed by atoms with E-state index in [-0.39, 0.29) is 11.5 Å². The van der Waals surface area contributed by atoms with E-state index in [9.17, 15) is 4.79 Å². The second kappa shape index (κ2) is 8.36. The topological polar surface area (TPSA) is 63.7 Å². The summed E-state index contributed by atoms with van der Waals surface area (Å²) in [6, 6.07) is 2.09. The summed E-state index contributed by atoms with van der Waals surface area (Å²) >= 11 is 3.21. The van der Waals surface area contributed by atoms with Crippen LogP contribution < -0.4 is 5.32 Å². The Morgan fingerprint density at radius 3 is 3.04 bits per heavy atom. The maximum atomic E-state index is 13.3. The molecular formula is C19H25N3O3S2. The predicted octanol–water partition coefficient (Wildman–Crippen LogP) is 2.64. The molecule has 0 saturated carbocycles. The van der Waals surface area contributed by atoms with E-state index in [1.165, 1.54) is 10.4 Å². The summed E-state index contributed by atoms with van der Waals surface area (Å²) in [5.74, 6) is 0.0609. The van der Waals surface area contributed by atoms with E-state index in [1.54, 1.807) is 36.0 Å². The van der Waals surface area contributed by atoms with E-state index in [0.29, 0.717) is 19.7 Å². The first-order valence-electron chi connectivity index (χ1n) is 9.36.